The molecule has 0 aromatic carbocycles. The van der Waals surface area contributed by atoms with Gasteiger partial charge in [0.15, 0.2) is 0 Å². The standard InChI is InChI=1S/C19H26F3N3O6S/c1-5-29-15(26)13-11-8-9-25(4)10-12(11)32-14(13)23-18(19(20,21)22,16(27)30-6-2)24-17(28)31-7-3/h23H,5-10H2,1-4H3,(H,24,28)/t18-/m1/s1. The van der Waals surface area contributed by atoms with Crippen molar-refractivity contribution >= 4 is 34.4 Å². The Hall–Kier alpha value is -2.54. The Morgan fingerprint density at radius 1 is 1.06 bits per heavy atom. The number of hydrogen-bond acceptors (Lipinski definition) is 9. The normalized spacial score (nSPS) is 15.8. The Kier molecular flexibility index (Phi) is 8.35. The van der Waals surface area contributed by atoms with E-state index in [-0.39, 0.29) is 30.4 Å². The molecular weight excluding hydrogens is 455 g/mol. The van der Waals surface area contributed by atoms with E-state index in [9.17, 15) is 27.6 Å². The Morgan fingerprint density at radius 3 is 2.25 bits per heavy atom. The Bertz CT molecular complexity index is 860. The molecule has 2 heterocycles. The number of esters is 2. The number of alkyl halides is 3. The highest BCUT2D eigenvalue weighted by Crippen LogP contribution is 2.41. The molecule has 0 unspecified atom stereocenters. The lowest BCUT2D eigenvalue weighted by atomic mass is 10.0. The maximum absolute atomic E-state index is 14.3. The van der Waals surface area contributed by atoms with Gasteiger partial charge in [-0.05, 0) is 39.8 Å². The van der Waals surface area contributed by atoms with E-state index in [2.05, 4.69) is 14.8 Å². The first-order valence-electron chi connectivity index (χ1n) is 9.97. The van der Waals surface area contributed by atoms with Gasteiger partial charge in [-0.2, -0.15) is 13.2 Å². The van der Waals surface area contributed by atoms with Crippen LogP contribution < -0.4 is 10.6 Å². The number of carbonyl (C=O) groups excluding carboxylic acids is 3. The molecule has 1 aromatic heterocycles. The SMILES string of the molecule is CCOC(=O)N[C@](Nc1sc2c(c1C(=O)OCC)CCN(C)C2)(C(=O)OCC)C(F)(F)F. The fraction of sp³-hybridized carbons (Fsp3) is 0.632. The first-order chi connectivity index (χ1) is 15.0. The van der Waals surface area contributed by atoms with Crippen LogP contribution >= 0.6 is 11.3 Å². The number of alkyl carbamates (subject to hydrolysis) is 1. The Balaban J connectivity index is 2.64. The summed E-state index contributed by atoms with van der Waals surface area (Å²) in [6.45, 7) is 4.68. The zero-order valence-corrected chi connectivity index (χ0v) is 19.0. The van der Waals surface area contributed by atoms with Crippen LogP contribution in [0.4, 0.5) is 23.0 Å². The second-order valence-electron chi connectivity index (χ2n) is 6.85. The second kappa shape index (κ2) is 10.4. The van der Waals surface area contributed by atoms with Crippen molar-refractivity contribution in [1.82, 2.24) is 10.2 Å². The summed E-state index contributed by atoms with van der Waals surface area (Å²) in [5.41, 5.74) is -3.23. The monoisotopic (exact) mass is 481 g/mol. The number of ether oxygens (including phenoxy) is 3. The van der Waals surface area contributed by atoms with E-state index >= 15 is 0 Å². The van der Waals surface area contributed by atoms with Gasteiger partial charge in [-0.15, -0.1) is 11.3 Å². The van der Waals surface area contributed by atoms with Crippen LogP contribution in [-0.2, 0) is 32.0 Å². The third kappa shape index (κ3) is 5.26. The van der Waals surface area contributed by atoms with Gasteiger partial charge in [0, 0.05) is 18.0 Å². The molecule has 0 saturated heterocycles. The number of carbonyl (C=O) groups is 3. The third-order valence-corrected chi connectivity index (χ3v) is 5.73. The maximum Gasteiger partial charge on any atom is 0.442 e. The minimum atomic E-state index is -5.35. The number of halogens is 3. The van der Waals surface area contributed by atoms with Crippen LogP contribution in [-0.4, -0.2) is 68.2 Å². The predicted octanol–water partition coefficient (Wildman–Crippen LogP) is 2.89. The van der Waals surface area contributed by atoms with E-state index in [4.69, 9.17) is 4.74 Å². The minimum Gasteiger partial charge on any atom is -0.463 e. The number of anilines is 1. The lowest BCUT2D eigenvalue weighted by molar-refractivity contribution is -0.205. The smallest absolute Gasteiger partial charge is 0.442 e. The van der Waals surface area contributed by atoms with Gasteiger partial charge in [-0.25, -0.2) is 14.4 Å². The highest BCUT2D eigenvalue weighted by Gasteiger charge is 2.64. The highest BCUT2D eigenvalue weighted by atomic mass is 32.1. The molecule has 0 saturated carbocycles. The molecule has 9 nitrogen and oxygen atoms in total. The van der Waals surface area contributed by atoms with Gasteiger partial charge >= 0.3 is 29.9 Å². The van der Waals surface area contributed by atoms with Crippen molar-refractivity contribution in [3.8, 4) is 0 Å². The fourth-order valence-electron chi connectivity index (χ4n) is 3.16. The van der Waals surface area contributed by atoms with Gasteiger partial charge in [0.25, 0.3) is 0 Å². The molecule has 1 aliphatic heterocycles. The first-order valence-corrected chi connectivity index (χ1v) is 10.8. The highest BCUT2D eigenvalue weighted by molar-refractivity contribution is 7.16. The predicted molar refractivity (Wildman–Crippen MR) is 110 cm³/mol. The molecule has 0 fully saturated rings. The molecule has 32 heavy (non-hydrogen) atoms. The van der Waals surface area contributed by atoms with Crippen molar-refractivity contribution in [2.45, 2.75) is 45.6 Å². The number of amides is 1. The Labute approximate surface area is 187 Å². The summed E-state index contributed by atoms with van der Waals surface area (Å²) in [5, 5.41) is 3.38. The molecule has 180 valence electrons. The van der Waals surface area contributed by atoms with Crippen LogP contribution in [0, 0.1) is 0 Å². The van der Waals surface area contributed by atoms with Crippen molar-refractivity contribution < 1.29 is 41.8 Å². The number of fused-ring (bicyclic) bond motifs is 1. The fourth-order valence-corrected chi connectivity index (χ4v) is 4.53. The van der Waals surface area contributed by atoms with Gasteiger partial charge in [0.2, 0.25) is 0 Å². The number of nitrogens with one attached hydrogen (secondary N) is 2. The number of thiophene rings is 1. The lowest BCUT2D eigenvalue weighted by Crippen LogP contribution is -2.69. The molecule has 1 aromatic rings. The van der Waals surface area contributed by atoms with E-state index < -0.39 is 29.9 Å². The van der Waals surface area contributed by atoms with Gasteiger partial charge in [-0.3, -0.25) is 5.32 Å². The quantitative estimate of drug-likeness (QED) is 0.332. The molecule has 1 atom stereocenters. The van der Waals surface area contributed by atoms with Gasteiger partial charge < -0.3 is 24.4 Å². The number of nitrogens with zero attached hydrogens (tertiary/aromatic N) is 1. The molecule has 0 bridgehead atoms. The molecule has 1 aliphatic rings. The third-order valence-electron chi connectivity index (χ3n) is 4.60. The summed E-state index contributed by atoms with van der Waals surface area (Å²) in [7, 11) is 1.83. The van der Waals surface area contributed by atoms with E-state index in [1.54, 1.807) is 12.2 Å². The van der Waals surface area contributed by atoms with Crippen molar-refractivity contribution in [2.24, 2.45) is 0 Å². The molecule has 0 radical (unpaired) electrons. The van der Waals surface area contributed by atoms with Crippen molar-refractivity contribution in [1.29, 1.82) is 0 Å². The second-order valence-corrected chi connectivity index (χ2v) is 7.96. The molecular formula is C19H26F3N3O6S. The molecule has 2 N–H and O–H groups in total. The van der Waals surface area contributed by atoms with Crippen molar-refractivity contribution in [2.75, 3.05) is 38.7 Å². The number of likely N-dealkylation sites (N-methyl/N-ethyl adjacent to an activating group) is 1. The van der Waals surface area contributed by atoms with E-state index in [0.29, 0.717) is 30.0 Å². The van der Waals surface area contributed by atoms with Crippen LogP contribution in [0.15, 0.2) is 0 Å². The number of hydrogen-bond donors (Lipinski definition) is 2. The van der Waals surface area contributed by atoms with Crippen LogP contribution in [0.3, 0.4) is 0 Å². The summed E-state index contributed by atoms with van der Waals surface area (Å²) in [6, 6.07) is 0. The van der Waals surface area contributed by atoms with Crippen molar-refractivity contribution in [3.63, 3.8) is 0 Å². The van der Waals surface area contributed by atoms with Crippen LogP contribution in [0.25, 0.3) is 0 Å². The first kappa shape index (κ1) is 25.7. The van der Waals surface area contributed by atoms with Gasteiger partial charge in [-0.1, -0.05) is 0 Å². The van der Waals surface area contributed by atoms with Gasteiger partial charge in [0.05, 0.1) is 25.4 Å². The van der Waals surface area contributed by atoms with Crippen molar-refractivity contribution in [3.05, 3.63) is 16.0 Å². The molecule has 0 spiro atoms. The van der Waals surface area contributed by atoms with Gasteiger partial charge in [0.1, 0.15) is 5.00 Å². The van der Waals surface area contributed by atoms with E-state index in [0.717, 1.165) is 11.3 Å². The molecule has 2 rings (SSSR count). The average molecular weight is 481 g/mol. The average Bonchev–Trinajstić information content (AvgIpc) is 3.03. The van der Waals surface area contributed by atoms with E-state index in [1.165, 1.54) is 13.8 Å². The topological polar surface area (TPSA) is 106 Å². The Morgan fingerprint density at radius 2 is 1.69 bits per heavy atom. The van der Waals surface area contributed by atoms with E-state index in [1.807, 2.05) is 11.9 Å². The largest absolute Gasteiger partial charge is 0.463 e. The molecule has 0 aliphatic carbocycles. The molecule has 1 amide bonds. The zero-order chi connectivity index (χ0) is 24.1. The number of rotatable bonds is 8. The summed E-state index contributed by atoms with van der Waals surface area (Å²) in [5.74, 6) is -2.62. The summed E-state index contributed by atoms with van der Waals surface area (Å²) in [6.07, 6.45) is -6.43. The molecule has 13 heteroatoms. The van der Waals surface area contributed by atoms with Crippen LogP contribution in [0.2, 0.25) is 0 Å². The van der Waals surface area contributed by atoms with Crippen LogP contribution in [0.5, 0.6) is 0 Å². The van der Waals surface area contributed by atoms with Crippen LogP contribution in [0.1, 0.15) is 41.6 Å². The zero-order valence-electron chi connectivity index (χ0n) is 18.2. The summed E-state index contributed by atoms with van der Waals surface area (Å²) in [4.78, 5) is 39.8. The summed E-state index contributed by atoms with van der Waals surface area (Å²) < 4.78 is 57.2. The minimum absolute atomic E-state index is 0.00611. The summed E-state index contributed by atoms with van der Waals surface area (Å²) >= 11 is 0.885. The maximum atomic E-state index is 14.3. The lowest BCUT2D eigenvalue weighted by Gasteiger charge is -2.34.